The standard InChI is InChI=1S/C20H25ClN4O3/c1-5-28-20(27)17-18(23-16-11-13(3)12(2)10-15(16)22-17)24-6-8-25(9-7-24)19(26)14(4)21/h10-11,14H,5-9H2,1-4H3. The van der Waals surface area contributed by atoms with Crippen LogP contribution < -0.4 is 4.90 Å². The molecule has 1 aromatic heterocycles. The average molecular weight is 405 g/mol. The number of fused-ring (bicyclic) bond motifs is 1. The molecule has 1 atom stereocenters. The van der Waals surface area contributed by atoms with Crippen molar-refractivity contribution in [2.45, 2.75) is 33.1 Å². The summed E-state index contributed by atoms with van der Waals surface area (Å²) in [6.07, 6.45) is 0. The van der Waals surface area contributed by atoms with Gasteiger partial charge in [-0.2, -0.15) is 0 Å². The number of halogens is 1. The van der Waals surface area contributed by atoms with Gasteiger partial charge in [0.15, 0.2) is 11.5 Å². The fraction of sp³-hybridized carbons (Fsp3) is 0.500. The lowest BCUT2D eigenvalue weighted by Gasteiger charge is -2.36. The first-order valence-electron chi connectivity index (χ1n) is 9.45. The highest BCUT2D eigenvalue weighted by Crippen LogP contribution is 2.25. The van der Waals surface area contributed by atoms with Crippen molar-refractivity contribution < 1.29 is 14.3 Å². The zero-order valence-electron chi connectivity index (χ0n) is 16.7. The number of aromatic nitrogens is 2. The molecule has 1 aliphatic rings. The van der Waals surface area contributed by atoms with Crippen molar-refractivity contribution >= 4 is 40.3 Å². The van der Waals surface area contributed by atoms with Crippen LogP contribution in [0.1, 0.15) is 35.5 Å². The molecular formula is C20H25ClN4O3. The van der Waals surface area contributed by atoms with E-state index in [1.807, 2.05) is 30.9 Å². The van der Waals surface area contributed by atoms with Crippen molar-refractivity contribution in [3.8, 4) is 0 Å². The number of carbonyl (C=O) groups excluding carboxylic acids is 2. The van der Waals surface area contributed by atoms with Crippen LogP contribution in [-0.2, 0) is 9.53 Å². The number of esters is 1. The summed E-state index contributed by atoms with van der Waals surface area (Å²) < 4.78 is 5.20. The molecule has 0 bridgehead atoms. The molecular weight excluding hydrogens is 380 g/mol. The third kappa shape index (κ3) is 4.04. The molecule has 1 fully saturated rings. The maximum atomic E-state index is 12.5. The number of anilines is 1. The summed E-state index contributed by atoms with van der Waals surface area (Å²) in [4.78, 5) is 37.7. The highest BCUT2D eigenvalue weighted by atomic mass is 35.5. The zero-order valence-corrected chi connectivity index (χ0v) is 17.4. The minimum absolute atomic E-state index is 0.0809. The predicted molar refractivity (Wildman–Crippen MR) is 109 cm³/mol. The second-order valence-corrected chi connectivity index (χ2v) is 7.62. The van der Waals surface area contributed by atoms with E-state index in [1.54, 1.807) is 18.7 Å². The van der Waals surface area contributed by atoms with Crippen molar-refractivity contribution in [3.05, 3.63) is 29.0 Å². The van der Waals surface area contributed by atoms with E-state index in [1.165, 1.54) is 0 Å². The highest BCUT2D eigenvalue weighted by molar-refractivity contribution is 6.30. The van der Waals surface area contributed by atoms with Crippen LogP contribution in [0.5, 0.6) is 0 Å². The summed E-state index contributed by atoms with van der Waals surface area (Å²) in [6.45, 7) is 9.86. The third-order valence-electron chi connectivity index (χ3n) is 4.96. The second-order valence-electron chi connectivity index (χ2n) is 6.97. The Morgan fingerprint density at radius 2 is 1.68 bits per heavy atom. The lowest BCUT2D eigenvalue weighted by atomic mass is 10.1. The minimum Gasteiger partial charge on any atom is -0.461 e. The highest BCUT2D eigenvalue weighted by Gasteiger charge is 2.28. The molecule has 150 valence electrons. The Morgan fingerprint density at radius 3 is 2.21 bits per heavy atom. The summed E-state index contributed by atoms with van der Waals surface area (Å²) in [6, 6.07) is 3.91. The quantitative estimate of drug-likeness (QED) is 0.576. The maximum absolute atomic E-state index is 12.5. The molecule has 1 unspecified atom stereocenters. The second kappa shape index (κ2) is 8.31. The molecule has 2 aromatic rings. The lowest BCUT2D eigenvalue weighted by molar-refractivity contribution is -0.130. The predicted octanol–water partition coefficient (Wildman–Crippen LogP) is 2.70. The number of hydrogen-bond acceptors (Lipinski definition) is 6. The van der Waals surface area contributed by atoms with Crippen LogP contribution in [0.3, 0.4) is 0 Å². The first-order chi connectivity index (χ1) is 13.3. The third-order valence-corrected chi connectivity index (χ3v) is 5.15. The molecule has 0 N–H and O–H groups in total. The fourth-order valence-corrected chi connectivity index (χ4v) is 3.39. The molecule has 1 aliphatic heterocycles. The van der Waals surface area contributed by atoms with Crippen LogP contribution in [0.4, 0.5) is 5.82 Å². The lowest BCUT2D eigenvalue weighted by Crippen LogP contribution is -2.51. The SMILES string of the molecule is CCOC(=O)c1nc2cc(C)c(C)cc2nc1N1CCN(C(=O)C(C)Cl)CC1. The Bertz CT molecular complexity index is 908. The topological polar surface area (TPSA) is 75.6 Å². The van der Waals surface area contributed by atoms with Gasteiger partial charge in [-0.15, -0.1) is 11.6 Å². The molecule has 1 amide bonds. The Labute approximate surface area is 169 Å². The molecule has 0 radical (unpaired) electrons. The van der Waals surface area contributed by atoms with E-state index >= 15 is 0 Å². The number of aryl methyl sites for hydroxylation is 2. The normalized spacial score (nSPS) is 15.6. The number of hydrogen-bond donors (Lipinski definition) is 0. The summed E-state index contributed by atoms with van der Waals surface area (Å²) >= 11 is 5.92. The number of carbonyl (C=O) groups is 2. The van der Waals surface area contributed by atoms with Crippen molar-refractivity contribution in [1.29, 1.82) is 0 Å². The molecule has 0 spiro atoms. The monoisotopic (exact) mass is 404 g/mol. The van der Waals surface area contributed by atoms with E-state index in [2.05, 4.69) is 4.98 Å². The zero-order chi connectivity index (χ0) is 20.4. The van der Waals surface area contributed by atoms with E-state index in [-0.39, 0.29) is 18.2 Å². The Balaban J connectivity index is 1.96. The van der Waals surface area contributed by atoms with Gasteiger partial charge in [0.05, 0.1) is 17.6 Å². The first-order valence-corrected chi connectivity index (χ1v) is 9.89. The van der Waals surface area contributed by atoms with E-state index < -0.39 is 11.3 Å². The van der Waals surface area contributed by atoms with Crippen LogP contribution in [0.2, 0.25) is 0 Å². The van der Waals surface area contributed by atoms with Crippen LogP contribution in [0.15, 0.2) is 12.1 Å². The smallest absolute Gasteiger partial charge is 0.360 e. The van der Waals surface area contributed by atoms with Gasteiger partial charge in [0.2, 0.25) is 5.91 Å². The molecule has 1 aromatic carbocycles. The molecule has 1 saturated heterocycles. The van der Waals surface area contributed by atoms with Crippen LogP contribution in [0, 0.1) is 13.8 Å². The van der Waals surface area contributed by atoms with E-state index in [0.717, 1.165) is 16.6 Å². The van der Waals surface area contributed by atoms with Crippen LogP contribution in [0.25, 0.3) is 11.0 Å². The number of amides is 1. The average Bonchev–Trinajstić information content (AvgIpc) is 2.67. The number of rotatable bonds is 4. The molecule has 0 saturated carbocycles. The van der Waals surface area contributed by atoms with Crippen LogP contribution >= 0.6 is 11.6 Å². The molecule has 3 rings (SSSR count). The van der Waals surface area contributed by atoms with Gasteiger partial charge in [-0.25, -0.2) is 14.8 Å². The minimum atomic E-state index is -0.548. The van der Waals surface area contributed by atoms with Gasteiger partial charge in [-0.3, -0.25) is 4.79 Å². The van der Waals surface area contributed by atoms with Crippen molar-refractivity contribution in [3.63, 3.8) is 0 Å². The number of ether oxygens (including phenoxy) is 1. The van der Waals surface area contributed by atoms with E-state index in [0.29, 0.717) is 37.5 Å². The van der Waals surface area contributed by atoms with Gasteiger partial charge in [0.1, 0.15) is 5.38 Å². The van der Waals surface area contributed by atoms with Gasteiger partial charge in [0, 0.05) is 26.2 Å². The van der Waals surface area contributed by atoms with Crippen molar-refractivity contribution in [2.75, 3.05) is 37.7 Å². The molecule has 2 heterocycles. The Hall–Kier alpha value is -2.41. The molecule has 0 aliphatic carbocycles. The number of alkyl halides is 1. The van der Waals surface area contributed by atoms with E-state index in [4.69, 9.17) is 21.3 Å². The van der Waals surface area contributed by atoms with Gasteiger partial charge in [-0.1, -0.05) is 0 Å². The number of piperazine rings is 1. The van der Waals surface area contributed by atoms with Crippen molar-refractivity contribution in [2.24, 2.45) is 0 Å². The largest absolute Gasteiger partial charge is 0.461 e. The number of benzene rings is 1. The summed E-state index contributed by atoms with van der Waals surface area (Å²) in [7, 11) is 0. The van der Waals surface area contributed by atoms with E-state index in [9.17, 15) is 9.59 Å². The molecule has 28 heavy (non-hydrogen) atoms. The maximum Gasteiger partial charge on any atom is 0.360 e. The Kier molecular flexibility index (Phi) is 6.03. The Morgan fingerprint density at radius 1 is 1.11 bits per heavy atom. The molecule has 8 heteroatoms. The van der Waals surface area contributed by atoms with Gasteiger partial charge >= 0.3 is 5.97 Å². The molecule has 7 nitrogen and oxygen atoms in total. The van der Waals surface area contributed by atoms with Crippen LogP contribution in [-0.4, -0.2) is 64.9 Å². The fourth-order valence-electron chi connectivity index (χ4n) is 3.25. The summed E-state index contributed by atoms with van der Waals surface area (Å²) in [5.41, 5.74) is 3.82. The summed E-state index contributed by atoms with van der Waals surface area (Å²) in [5.74, 6) is -0.0686. The van der Waals surface area contributed by atoms with Gasteiger partial charge in [0.25, 0.3) is 0 Å². The van der Waals surface area contributed by atoms with Gasteiger partial charge < -0.3 is 14.5 Å². The van der Waals surface area contributed by atoms with Crippen molar-refractivity contribution in [1.82, 2.24) is 14.9 Å². The summed E-state index contributed by atoms with van der Waals surface area (Å²) in [5, 5.41) is -0.548. The van der Waals surface area contributed by atoms with Gasteiger partial charge in [-0.05, 0) is 51.0 Å². The first kappa shape index (κ1) is 20.3. The number of nitrogens with zero attached hydrogens (tertiary/aromatic N) is 4.